The number of nitrogens with zero attached hydrogens (tertiary/aromatic N) is 1. The van der Waals surface area contributed by atoms with Gasteiger partial charge in [-0.15, -0.1) is 0 Å². The standard InChI is InChI=1S/C22H29N3O2/c1-16-11-13-18(14-12-16)23-21(27)20(17-9-7-6-8-10-17)25(5)15-19(26)24-22(2,3)4/h6-14,20H,15H2,1-5H3,(H,23,27)(H,24,26)/t20-/m1/s1. The predicted octanol–water partition coefficient (Wildman–Crippen LogP) is 3.52. The summed E-state index contributed by atoms with van der Waals surface area (Å²) < 4.78 is 0. The number of amides is 2. The van der Waals surface area contributed by atoms with E-state index in [1.165, 1.54) is 0 Å². The smallest absolute Gasteiger partial charge is 0.246 e. The molecule has 0 saturated carbocycles. The summed E-state index contributed by atoms with van der Waals surface area (Å²) >= 11 is 0. The quantitative estimate of drug-likeness (QED) is 0.821. The zero-order valence-corrected chi connectivity index (χ0v) is 16.7. The van der Waals surface area contributed by atoms with Gasteiger partial charge in [-0.25, -0.2) is 0 Å². The molecular weight excluding hydrogens is 338 g/mol. The van der Waals surface area contributed by atoms with Crippen LogP contribution < -0.4 is 10.6 Å². The molecule has 2 rings (SSSR count). The van der Waals surface area contributed by atoms with Gasteiger partial charge in [0.15, 0.2) is 0 Å². The van der Waals surface area contributed by atoms with Crippen molar-refractivity contribution in [2.75, 3.05) is 18.9 Å². The summed E-state index contributed by atoms with van der Waals surface area (Å²) in [4.78, 5) is 27.1. The maximum absolute atomic E-state index is 13.0. The van der Waals surface area contributed by atoms with Crippen molar-refractivity contribution < 1.29 is 9.59 Å². The Morgan fingerprint density at radius 2 is 1.59 bits per heavy atom. The number of hydrogen-bond donors (Lipinski definition) is 2. The first kappa shape index (κ1) is 20.6. The van der Waals surface area contributed by atoms with Crippen molar-refractivity contribution in [1.29, 1.82) is 0 Å². The third kappa shape index (κ3) is 6.53. The van der Waals surface area contributed by atoms with Crippen LogP contribution in [0.3, 0.4) is 0 Å². The molecular formula is C22H29N3O2. The van der Waals surface area contributed by atoms with Crippen molar-refractivity contribution >= 4 is 17.5 Å². The molecule has 0 bridgehead atoms. The molecule has 5 nitrogen and oxygen atoms in total. The van der Waals surface area contributed by atoms with Gasteiger partial charge in [0.1, 0.15) is 6.04 Å². The molecule has 1 atom stereocenters. The summed E-state index contributed by atoms with van der Waals surface area (Å²) in [5.74, 6) is -0.287. The Kier molecular flexibility index (Phi) is 6.75. The van der Waals surface area contributed by atoms with E-state index in [1.54, 1.807) is 11.9 Å². The summed E-state index contributed by atoms with van der Waals surface area (Å²) in [6, 6.07) is 16.6. The van der Waals surface area contributed by atoms with Crippen LogP contribution in [0.1, 0.15) is 37.9 Å². The van der Waals surface area contributed by atoms with E-state index < -0.39 is 6.04 Å². The predicted molar refractivity (Wildman–Crippen MR) is 110 cm³/mol. The Labute approximate surface area is 161 Å². The average molecular weight is 367 g/mol. The van der Waals surface area contributed by atoms with Crippen molar-refractivity contribution in [3.8, 4) is 0 Å². The van der Waals surface area contributed by atoms with Crippen LogP contribution in [0.4, 0.5) is 5.69 Å². The molecule has 0 aliphatic rings. The Morgan fingerprint density at radius 3 is 2.15 bits per heavy atom. The number of rotatable bonds is 6. The van der Waals surface area contributed by atoms with Crippen molar-refractivity contribution in [2.45, 2.75) is 39.3 Å². The van der Waals surface area contributed by atoms with E-state index in [0.29, 0.717) is 0 Å². The van der Waals surface area contributed by atoms with Crippen molar-refractivity contribution in [2.24, 2.45) is 0 Å². The molecule has 2 aromatic rings. The molecule has 2 amide bonds. The van der Waals surface area contributed by atoms with Crippen LogP contribution in [0.2, 0.25) is 0 Å². The Morgan fingerprint density at radius 1 is 1.00 bits per heavy atom. The van der Waals surface area contributed by atoms with E-state index >= 15 is 0 Å². The highest BCUT2D eigenvalue weighted by Crippen LogP contribution is 2.22. The van der Waals surface area contributed by atoms with E-state index in [9.17, 15) is 9.59 Å². The normalized spacial score (nSPS) is 12.5. The summed E-state index contributed by atoms with van der Waals surface area (Å²) in [5.41, 5.74) is 2.39. The van der Waals surface area contributed by atoms with Crippen molar-refractivity contribution in [3.63, 3.8) is 0 Å². The van der Waals surface area contributed by atoms with Crippen LogP contribution in [0, 0.1) is 6.92 Å². The molecule has 27 heavy (non-hydrogen) atoms. The highest BCUT2D eigenvalue weighted by molar-refractivity contribution is 5.96. The third-order valence-corrected chi connectivity index (χ3v) is 4.03. The molecule has 0 unspecified atom stereocenters. The number of benzene rings is 2. The third-order valence-electron chi connectivity index (χ3n) is 4.03. The summed E-state index contributed by atoms with van der Waals surface area (Å²) in [7, 11) is 1.79. The van der Waals surface area contributed by atoms with Gasteiger partial charge < -0.3 is 10.6 Å². The van der Waals surface area contributed by atoms with Crippen LogP contribution in [-0.4, -0.2) is 35.8 Å². The number of nitrogens with one attached hydrogen (secondary N) is 2. The monoisotopic (exact) mass is 367 g/mol. The summed E-state index contributed by atoms with van der Waals surface area (Å²) in [6.45, 7) is 7.93. The molecule has 0 radical (unpaired) electrons. The fourth-order valence-corrected chi connectivity index (χ4v) is 2.86. The highest BCUT2D eigenvalue weighted by Gasteiger charge is 2.27. The van der Waals surface area contributed by atoms with Gasteiger partial charge in [0.25, 0.3) is 0 Å². The first-order valence-corrected chi connectivity index (χ1v) is 9.09. The highest BCUT2D eigenvalue weighted by atomic mass is 16.2. The minimum absolute atomic E-state index is 0.117. The van der Waals surface area contributed by atoms with Gasteiger partial charge in [-0.2, -0.15) is 0 Å². The molecule has 2 N–H and O–H groups in total. The van der Waals surface area contributed by atoms with Crippen LogP contribution in [-0.2, 0) is 9.59 Å². The second-order valence-corrected chi connectivity index (χ2v) is 7.88. The fraction of sp³-hybridized carbons (Fsp3) is 0.364. The molecule has 0 fully saturated rings. The number of carbonyl (C=O) groups is 2. The zero-order valence-electron chi connectivity index (χ0n) is 16.7. The van der Waals surface area contributed by atoms with Crippen LogP contribution >= 0.6 is 0 Å². The van der Waals surface area contributed by atoms with Crippen LogP contribution in [0.25, 0.3) is 0 Å². The SMILES string of the molecule is Cc1ccc(NC(=O)[C@@H](c2ccccc2)N(C)CC(=O)NC(C)(C)C)cc1. The number of hydrogen-bond acceptors (Lipinski definition) is 3. The van der Waals surface area contributed by atoms with Crippen molar-refractivity contribution in [3.05, 3.63) is 65.7 Å². The lowest BCUT2D eigenvalue weighted by molar-refractivity contribution is -0.126. The van der Waals surface area contributed by atoms with Gasteiger partial charge in [0.05, 0.1) is 6.54 Å². The van der Waals surface area contributed by atoms with Gasteiger partial charge in [-0.05, 0) is 52.4 Å². The van der Waals surface area contributed by atoms with Crippen LogP contribution in [0.5, 0.6) is 0 Å². The lowest BCUT2D eigenvalue weighted by Crippen LogP contribution is -2.47. The molecule has 0 aromatic heterocycles. The second kappa shape index (κ2) is 8.82. The fourth-order valence-electron chi connectivity index (χ4n) is 2.86. The molecule has 0 spiro atoms. The van der Waals surface area contributed by atoms with E-state index in [1.807, 2.05) is 82.3 Å². The molecule has 5 heteroatoms. The van der Waals surface area contributed by atoms with Gasteiger partial charge in [-0.1, -0.05) is 48.0 Å². The molecule has 0 heterocycles. The number of likely N-dealkylation sites (N-methyl/N-ethyl adjacent to an activating group) is 1. The van der Waals surface area contributed by atoms with E-state index in [-0.39, 0.29) is 23.9 Å². The zero-order chi connectivity index (χ0) is 20.0. The first-order chi connectivity index (χ1) is 12.7. The maximum atomic E-state index is 13.0. The van der Waals surface area contributed by atoms with Crippen molar-refractivity contribution in [1.82, 2.24) is 10.2 Å². The molecule has 144 valence electrons. The van der Waals surface area contributed by atoms with Gasteiger partial charge in [0.2, 0.25) is 11.8 Å². The number of carbonyl (C=O) groups excluding carboxylic acids is 2. The minimum Gasteiger partial charge on any atom is -0.350 e. The first-order valence-electron chi connectivity index (χ1n) is 9.09. The van der Waals surface area contributed by atoms with E-state index in [4.69, 9.17) is 0 Å². The van der Waals surface area contributed by atoms with Gasteiger partial charge in [0, 0.05) is 11.2 Å². The second-order valence-electron chi connectivity index (χ2n) is 7.88. The number of aryl methyl sites for hydroxylation is 1. The van der Waals surface area contributed by atoms with E-state index in [0.717, 1.165) is 16.8 Å². The lowest BCUT2D eigenvalue weighted by atomic mass is 10.0. The Balaban J connectivity index is 2.19. The molecule has 0 aliphatic carbocycles. The minimum atomic E-state index is -0.571. The van der Waals surface area contributed by atoms with Crippen LogP contribution in [0.15, 0.2) is 54.6 Å². The average Bonchev–Trinajstić information content (AvgIpc) is 2.56. The topological polar surface area (TPSA) is 61.4 Å². The Bertz CT molecular complexity index is 764. The number of anilines is 1. The lowest BCUT2D eigenvalue weighted by Gasteiger charge is -2.29. The molecule has 0 saturated heterocycles. The molecule has 0 aliphatic heterocycles. The summed E-state index contributed by atoms with van der Waals surface area (Å²) in [5, 5.41) is 5.90. The van der Waals surface area contributed by atoms with Gasteiger partial charge >= 0.3 is 0 Å². The molecule has 2 aromatic carbocycles. The largest absolute Gasteiger partial charge is 0.350 e. The Hall–Kier alpha value is -2.66. The van der Waals surface area contributed by atoms with E-state index in [2.05, 4.69) is 10.6 Å². The maximum Gasteiger partial charge on any atom is 0.246 e. The summed E-state index contributed by atoms with van der Waals surface area (Å²) in [6.07, 6.45) is 0. The van der Waals surface area contributed by atoms with Gasteiger partial charge in [-0.3, -0.25) is 14.5 Å².